The van der Waals surface area contributed by atoms with Crippen molar-refractivity contribution in [2.75, 3.05) is 0 Å². The first-order valence-corrected chi connectivity index (χ1v) is 3.47. The molecule has 0 fully saturated rings. The molecule has 1 aromatic heterocycles. The van der Waals surface area contributed by atoms with Gasteiger partial charge in [-0.3, -0.25) is 9.78 Å². The van der Waals surface area contributed by atoms with Crippen molar-refractivity contribution in [1.29, 1.82) is 0 Å². The van der Waals surface area contributed by atoms with Gasteiger partial charge in [0.15, 0.2) is 0 Å². The molecular weight excluding hydrogens is 140 g/mol. The minimum absolute atomic E-state index is 0.282. The number of hydrogen-bond donors (Lipinski definition) is 1. The van der Waals surface area contributed by atoms with Crippen LogP contribution >= 0.6 is 0 Å². The van der Waals surface area contributed by atoms with E-state index in [1.807, 2.05) is 18.2 Å². The molecule has 0 saturated carbocycles. The van der Waals surface area contributed by atoms with Gasteiger partial charge in [-0.25, -0.2) is 0 Å². The van der Waals surface area contributed by atoms with Crippen molar-refractivity contribution >= 4 is 5.91 Å². The van der Waals surface area contributed by atoms with Gasteiger partial charge in [-0.15, -0.1) is 0 Å². The summed E-state index contributed by atoms with van der Waals surface area (Å²) in [5.41, 5.74) is 5.88. The van der Waals surface area contributed by atoms with Crippen molar-refractivity contribution in [2.24, 2.45) is 5.73 Å². The van der Waals surface area contributed by atoms with E-state index >= 15 is 0 Å². The van der Waals surface area contributed by atoms with E-state index in [-0.39, 0.29) is 5.91 Å². The number of hydrogen-bond acceptors (Lipinski definition) is 2. The zero-order valence-electron chi connectivity index (χ0n) is 6.16. The van der Waals surface area contributed by atoms with Crippen LogP contribution in [-0.2, 0) is 11.2 Å². The highest BCUT2D eigenvalue weighted by Gasteiger charge is 1.96. The standard InChI is InChI=1S/C8H10N2O/c9-8(11)5-4-7-3-1-2-6-10-7/h1-3,6H,4-5H2,(H2,9,11). The number of carbonyl (C=O) groups is 1. The van der Waals surface area contributed by atoms with E-state index in [4.69, 9.17) is 5.73 Å². The topological polar surface area (TPSA) is 56.0 Å². The number of carbonyl (C=O) groups excluding carboxylic acids is 1. The molecule has 0 bridgehead atoms. The number of primary amides is 1. The van der Waals surface area contributed by atoms with Gasteiger partial charge in [-0.05, 0) is 18.6 Å². The third-order valence-electron chi connectivity index (χ3n) is 1.35. The van der Waals surface area contributed by atoms with Crippen LogP contribution in [0.4, 0.5) is 0 Å². The van der Waals surface area contributed by atoms with Gasteiger partial charge >= 0.3 is 0 Å². The average Bonchev–Trinajstić information content (AvgIpc) is 2.03. The molecule has 0 radical (unpaired) electrons. The van der Waals surface area contributed by atoms with Crippen LogP contribution in [0.5, 0.6) is 0 Å². The Bertz CT molecular complexity index is 233. The predicted molar refractivity (Wildman–Crippen MR) is 41.8 cm³/mol. The van der Waals surface area contributed by atoms with Crippen molar-refractivity contribution in [2.45, 2.75) is 12.8 Å². The normalized spacial score (nSPS) is 9.45. The van der Waals surface area contributed by atoms with Crippen molar-refractivity contribution in [3.63, 3.8) is 0 Å². The van der Waals surface area contributed by atoms with E-state index in [9.17, 15) is 4.79 Å². The molecule has 3 heteroatoms. The number of nitrogens with zero attached hydrogens (tertiary/aromatic N) is 1. The maximum atomic E-state index is 10.4. The molecule has 2 N–H and O–H groups in total. The highest BCUT2D eigenvalue weighted by molar-refractivity contribution is 5.73. The summed E-state index contributed by atoms with van der Waals surface area (Å²) in [7, 11) is 0. The van der Waals surface area contributed by atoms with Crippen LogP contribution in [0.3, 0.4) is 0 Å². The maximum Gasteiger partial charge on any atom is 0.217 e. The van der Waals surface area contributed by atoms with Crippen molar-refractivity contribution in [1.82, 2.24) is 4.98 Å². The third kappa shape index (κ3) is 2.80. The van der Waals surface area contributed by atoms with E-state index in [0.29, 0.717) is 12.8 Å². The predicted octanol–water partition coefficient (Wildman–Crippen LogP) is 0.499. The third-order valence-corrected chi connectivity index (χ3v) is 1.35. The molecule has 0 saturated heterocycles. The lowest BCUT2D eigenvalue weighted by molar-refractivity contribution is -0.118. The molecule has 0 aliphatic carbocycles. The Hall–Kier alpha value is -1.38. The van der Waals surface area contributed by atoms with Crippen LogP contribution in [0.2, 0.25) is 0 Å². The van der Waals surface area contributed by atoms with Gasteiger partial charge in [0.05, 0.1) is 0 Å². The van der Waals surface area contributed by atoms with Crippen molar-refractivity contribution in [3.05, 3.63) is 30.1 Å². The first-order chi connectivity index (χ1) is 5.29. The Morgan fingerprint density at radius 2 is 2.36 bits per heavy atom. The summed E-state index contributed by atoms with van der Waals surface area (Å²) in [6.07, 6.45) is 2.71. The van der Waals surface area contributed by atoms with Crippen molar-refractivity contribution in [3.8, 4) is 0 Å². The summed E-state index contributed by atoms with van der Waals surface area (Å²) in [5, 5.41) is 0. The van der Waals surface area contributed by atoms with Crippen molar-refractivity contribution < 1.29 is 4.79 Å². The average molecular weight is 150 g/mol. The van der Waals surface area contributed by atoms with Crippen LogP contribution in [0.1, 0.15) is 12.1 Å². The lowest BCUT2D eigenvalue weighted by atomic mass is 10.2. The first-order valence-electron chi connectivity index (χ1n) is 3.47. The molecule has 1 rings (SSSR count). The second-order valence-electron chi connectivity index (χ2n) is 2.29. The van der Waals surface area contributed by atoms with E-state index in [1.165, 1.54) is 0 Å². The van der Waals surface area contributed by atoms with Gasteiger partial charge < -0.3 is 5.73 Å². The minimum atomic E-state index is -0.282. The highest BCUT2D eigenvalue weighted by Crippen LogP contribution is 1.96. The summed E-state index contributed by atoms with van der Waals surface area (Å²) >= 11 is 0. The molecule has 0 aromatic carbocycles. The molecular formula is C8H10N2O. The van der Waals surface area contributed by atoms with Gasteiger partial charge in [-0.1, -0.05) is 6.07 Å². The fraction of sp³-hybridized carbons (Fsp3) is 0.250. The fourth-order valence-electron chi connectivity index (χ4n) is 0.797. The fourth-order valence-corrected chi connectivity index (χ4v) is 0.797. The van der Waals surface area contributed by atoms with Crippen LogP contribution in [0.15, 0.2) is 24.4 Å². The molecule has 1 amide bonds. The summed E-state index contributed by atoms with van der Waals surface area (Å²) in [6, 6.07) is 5.61. The summed E-state index contributed by atoms with van der Waals surface area (Å²) in [5.74, 6) is -0.282. The van der Waals surface area contributed by atoms with Crippen LogP contribution < -0.4 is 5.73 Å². The Kier molecular flexibility index (Phi) is 2.60. The van der Waals surface area contributed by atoms with Crippen LogP contribution in [0, 0.1) is 0 Å². The number of aryl methyl sites for hydroxylation is 1. The van der Waals surface area contributed by atoms with E-state index < -0.39 is 0 Å². The smallest absolute Gasteiger partial charge is 0.217 e. The number of aromatic nitrogens is 1. The summed E-state index contributed by atoms with van der Waals surface area (Å²) < 4.78 is 0. The zero-order chi connectivity index (χ0) is 8.10. The van der Waals surface area contributed by atoms with Gasteiger partial charge in [0, 0.05) is 18.3 Å². The van der Waals surface area contributed by atoms with Crippen LogP contribution in [-0.4, -0.2) is 10.9 Å². The number of nitrogens with two attached hydrogens (primary N) is 1. The highest BCUT2D eigenvalue weighted by atomic mass is 16.1. The van der Waals surface area contributed by atoms with Gasteiger partial charge in [-0.2, -0.15) is 0 Å². The molecule has 11 heavy (non-hydrogen) atoms. The Labute approximate surface area is 65.2 Å². The first kappa shape index (κ1) is 7.72. The van der Waals surface area contributed by atoms with Gasteiger partial charge in [0.25, 0.3) is 0 Å². The number of rotatable bonds is 3. The lowest BCUT2D eigenvalue weighted by Gasteiger charge is -1.95. The van der Waals surface area contributed by atoms with Gasteiger partial charge in [0.1, 0.15) is 0 Å². The van der Waals surface area contributed by atoms with E-state index in [0.717, 1.165) is 5.69 Å². The molecule has 0 atom stereocenters. The Balaban J connectivity index is 2.45. The zero-order valence-corrected chi connectivity index (χ0v) is 6.16. The summed E-state index contributed by atoms with van der Waals surface area (Å²) in [4.78, 5) is 14.4. The monoisotopic (exact) mass is 150 g/mol. The minimum Gasteiger partial charge on any atom is -0.370 e. The SMILES string of the molecule is NC(=O)CCc1ccccn1. The molecule has 0 spiro atoms. The molecule has 1 heterocycles. The van der Waals surface area contributed by atoms with E-state index in [1.54, 1.807) is 6.20 Å². The van der Waals surface area contributed by atoms with Crippen LogP contribution in [0.25, 0.3) is 0 Å². The molecule has 0 aliphatic heterocycles. The number of amides is 1. The lowest BCUT2D eigenvalue weighted by Crippen LogP contribution is -2.11. The number of pyridine rings is 1. The van der Waals surface area contributed by atoms with E-state index in [2.05, 4.69) is 4.98 Å². The molecule has 3 nitrogen and oxygen atoms in total. The molecule has 0 unspecified atom stereocenters. The largest absolute Gasteiger partial charge is 0.370 e. The Morgan fingerprint density at radius 3 is 2.91 bits per heavy atom. The second kappa shape index (κ2) is 3.71. The second-order valence-corrected chi connectivity index (χ2v) is 2.29. The maximum absolute atomic E-state index is 10.4. The Morgan fingerprint density at radius 1 is 1.55 bits per heavy atom. The summed E-state index contributed by atoms with van der Waals surface area (Å²) in [6.45, 7) is 0. The quantitative estimate of drug-likeness (QED) is 0.682. The van der Waals surface area contributed by atoms with Gasteiger partial charge in [0.2, 0.25) is 5.91 Å². The molecule has 0 aliphatic rings. The molecule has 58 valence electrons. The molecule has 1 aromatic rings.